The normalized spacial score (nSPS) is 16.0. The SMILES string of the molecule is COCc1cnc(N2CCN(c3ncc(/C=C/c4ccc(-n5ccnc5)nc4)cn3)[C@@H](COC)C2)nc1. The van der Waals surface area contributed by atoms with Crippen LogP contribution in [-0.2, 0) is 16.1 Å². The number of methoxy groups -OCH3 is 2. The molecule has 0 unspecified atom stereocenters. The molecular formula is C26H29N9O2. The van der Waals surface area contributed by atoms with Crippen LogP contribution in [0.5, 0.6) is 0 Å². The molecular weight excluding hydrogens is 470 g/mol. The van der Waals surface area contributed by atoms with E-state index >= 15 is 0 Å². The molecule has 0 aliphatic carbocycles. The zero-order valence-electron chi connectivity index (χ0n) is 20.9. The lowest BCUT2D eigenvalue weighted by Crippen LogP contribution is -2.56. The number of nitrogens with zero attached hydrogens (tertiary/aromatic N) is 9. The third-order valence-electron chi connectivity index (χ3n) is 6.05. The van der Waals surface area contributed by atoms with Gasteiger partial charge in [-0.05, 0) is 17.7 Å². The van der Waals surface area contributed by atoms with E-state index in [4.69, 9.17) is 9.47 Å². The first-order valence-corrected chi connectivity index (χ1v) is 12.0. The lowest BCUT2D eigenvalue weighted by molar-refractivity contribution is 0.173. The van der Waals surface area contributed by atoms with Crippen LogP contribution in [0.2, 0.25) is 0 Å². The predicted octanol–water partition coefficient (Wildman–Crippen LogP) is 2.51. The number of aromatic nitrogens is 7. The maximum absolute atomic E-state index is 5.51. The lowest BCUT2D eigenvalue weighted by atomic mass is 10.2. The van der Waals surface area contributed by atoms with Gasteiger partial charge in [-0.25, -0.2) is 29.9 Å². The standard InChI is InChI=1S/C26H29N9O2/c1-36-17-22-14-29-25(30-15-22)33-9-10-35(23(16-33)18-37-2)26-31-12-21(13-32-26)4-3-20-5-6-24(28-11-20)34-8-7-27-19-34/h3-8,11-15,19,23H,9-10,16-18H2,1-2H3/b4-3+/t23-/m1/s1. The van der Waals surface area contributed by atoms with Crippen molar-refractivity contribution in [3.8, 4) is 5.82 Å². The van der Waals surface area contributed by atoms with E-state index in [-0.39, 0.29) is 6.04 Å². The summed E-state index contributed by atoms with van der Waals surface area (Å²) < 4.78 is 12.5. The van der Waals surface area contributed by atoms with Crippen molar-refractivity contribution >= 4 is 24.0 Å². The van der Waals surface area contributed by atoms with Crippen LogP contribution in [-0.4, -0.2) is 81.0 Å². The Balaban J connectivity index is 1.23. The topological polar surface area (TPSA) is 107 Å². The minimum absolute atomic E-state index is 0.0717. The second kappa shape index (κ2) is 11.7. The van der Waals surface area contributed by atoms with Crippen molar-refractivity contribution < 1.29 is 9.47 Å². The third kappa shape index (κ3) is 5.96. The summed E-state index contributed by atoms with van der Waals surface area (Å²) in [7, 11) is 3.37. The van der Waals surface area contributed by atoms with Crippen LogP contribution in [0.1, 0.15) is 16.7 Å². The first kappa shape index (κ1) is 24.5. The number of hydrogen-bond acceptors (Lipinski definition) is 10. The summed E-state index contributed by atoms with van der Waals surface area (Å²) in [4.78, 5) is 31.2. The summed E-state index contributed by atoms with van der Waals surface area (Å²) >= 11 is 0. The highest BCUT2D eigenvalue weighted by Crippen LogP contribution is 2.20. The molecule has 0 aromatic carbocycles. The number of anilines is 2. The van der Waals surface area contributed by atoms with Crippen molar-refractivity contribution in [2.24, 2.45) is 0 Å². The number of rotatable bonds is 9. The molecule has 0 N–H and O–H groups in total. The maximum Gasteiger partial charge on any atom is 0.225 e. The zero-order chi connectivity index (χ0) is 25.5. The Hall–Kier alpha value is -4.22. The monoisotopic (exact) mass is 499 g/mol. The van der Waals surface area contributed by atoms with Gasteiger partial charge in [0.15, 0.2) is 0 Å². The summed E-state index contributed by atoms with van der Waals surface area (Å²) in [6.07, 6.45) is 18.4. The van der Waals surface area contributed by atoms with Gasteiger partial charge in [0.25, 0.3) is 0 Å². The summed E-state index contributed by atoms with van der Waals surface area (Å²) in [5, 5.41) is 0. The van der Waals surface area contributed by atoms with E-state index in [0.717, 1.165) is 35.6 Å². The minimum atomic E-state index is 0.0717. The van der Waals surface area contributed by atoms with Gasteiger partial charge in [0.1, 0.15) is 12.1 Å². The Labute approximate surface area is 215 Å². The molecule has 4 aromatic rings. The smallest absolute Gasteiger partial charge is 0.225 e. The van der Waals surface area contributed by atoms with Gasteiger partial charge in [0.05, 0.1) is 19.3 Å². The fourth-order valence-electron chi connectivity index (χ4n) is 4.19. The molecule has 1 saturated heterocycles. The van der Waals surface area contributed by atoms with E-state index in [1.165, 1.54) is 0 Å². The maximum atomic E-state index is 5.51. The summed E-state index contributed by atoms with van der Waals surface area (Å²) in [5.74, 6) is 2.21. The van der Waals surface area contributed by atoms with Crippen molar-refractivity contribution in [3.05, 3.63) is 78.5 Å². The Morgan fingerprint density at radius 2 is 1.62 bits per heavy atom. The molecule has 0 bridgehead atoms. The largest absolute Gasteiger partial charge is 0.382 e. The molecule has 1 aliphatic heterocycles. The summed E-state index contributed by atoms with van der Waals surface area (Å²) in [6.45, 7) is 3.26. The molecule has 37 heavy (non-hydrogen) atoms. The first-order chi connectivity index (χ1) is 18.2. The number of hydrogen-bond donors (Lipinski definition) is 0. The highest BCUT2D eigenvalue weighted by atomic mass is 16.5. The Kier molecular flexibility index (Phi) is 7.72. The number of pyridine rings is 1. The molecule has 5 heterocycles. The van der Waals surface area contributed by atoms with Crippen LogP contribution in [0.3, 0.4) is 0 Å². The number of piperazine rings is 1. The Morgan fingerprint density at radius 1 is 0.865 bits per heavy atom. The van der Waals surface area contributed by atoms with Crippen LogP contribution in [0.15, 0.2) is 61.8 Å². The molecule has 1 fully saturated rings. The van der Waals surface area contributed by atoms with Gasteiger partial charge in [0.2, 0.25) is 11.9 Å². The molecule has 0 spiro atoms. The zero-order valence-corrected chi connectivity index (χ0v) is 20.9. The second-order valence-corrected chi connectivity index (χ2v) is 8.64. The molecule has 1 aliphatic rings. The third-order valence-corrected chi connectivity index (χ3v) is 6.05. The average Bonchev–Trinajstić information content (AvgIpc) is 3.49. The predicted molar refractivity (Wildman–Crippen MR) is 140 cm³/mol. The van der Waals surface area contributed by atoms with Gasteiger partial charge < -0.3 is 19.3 Å². The van der Waals surface area contributed by atoms with Crippen molar-refractivity contribution in [2.45, 2.75) is 12.6 Å². The van der Waals surface area contributed by atoms with Crippen LogP contribution < -0.4 is 9.80 Å². The van der Waals surface area contributed by atoms with E-state index in [1.807, 2.05) is 66.0 Å². The molecule has 1 atom stereocenters. The first-order valence-electron chi connectivity index (χ1n) is 12.0. The molecule has 0 radical (unpaired) electrons. The highest BCUT2D eigenvalue weighted by Gasteiger charge is 2.30. The Bertz CT molecular complexity index is 1280. The van der Waals surface area contributed by atoms with Crippen LogP contribution >= 0.6 is 0 Å². The van der Waals surface area contributed by atoms with Gasteiger partial charge in [-0.2, -0.15) is 0 Å². The summed E-state index contributed by atoms with van der Waals surface area (Å²) in [6, 6.07) is 4.04. The van der Waals surface area contributed by atoms with Crippen molar-refractivity contribution in [1.29, 1.82) is 0 Å². The molecule has 4 aromatic heterocycles. The number of imidazole rings is 1. The van der Waals surface area contributed by atoms with Gasteiger partial charge in [-0.1, -0.05) is 12.2 Å². The fourth-order valence-corrected chi connectivity index (χ4v) is 4.19. The van der Waals surface area contributed by atoms with Crippen molar-refractivity contribution in [1.82, 2.24) is 34.5 Å². The molecule has 11 nitrogen and oxygen atoms in total. The quantitative estimate of drug-likeness (QED) is 0.341. The molecule has 0 saturated carbocycles. The highest BCUT2D eigenvalue weighted by molar-refractivity contribution is 5.68. The average molecular weight is 500 g/mol. The Morgan fingerprint density at radius 3 is 2.30 bits per heavy atom. The van der Waals surface area contributed by atoms with E-state index in [0.29, 0.717) is 31.7 Å². The van der Waals surface area contributed by atoms with Gasteiger partial charge >= 0.3 is 0 Å². The van der Waals surface area contributed by atoms with Gasteiger partial charge in [-0.15, -0.1) is 0 Å². The van der Waals surface area contributed by atoms with Gasteiger partial charge in [-0.3, -0.25) is 4.57 Å². The lowest BCUT2D eigenvalue weighted by Gasteiger charge is -2.41. The van der Waals surface area contributed by atoms with Crippen LogP contribution in [0, 0.1) is 0 Å². The molecule has 11 heteroatoms. The van der Waals surface area contributed by atoms with Gasteiger partial charge in [0, 0.05) is 88.4 Å². The molecule has 5 rings (SSSR count). The molecule has 0 amide bonds. The van der Waals surface area contributed by atoms with Crippen molar-refractivity contribution in [3.63, 3.8) is 0 Å². The summed E-state index contributed by atoms with van der Waals surface area (Å²) in [5.41, 5.74) is 2.85. The van der Waals surface area contributed by atoms with Crippen molar-refractivity contribution in [2.75, 3.05) is 50.3 Å². The minimum Gasteiger partial charge on any atom is -0.382 e. The van der Waals surface area contributed by atoms with E-state index in [1.54, 1.807) is 26.7 Å². The number of ether oxygens (including phenoxy) is 2. The van der Waals surface area contributed by atoms with E-state index in [9.17, 15) is 0 Å². The van der Waals surface area contributed by atoms with E-state index < -0.39 is 0 Å². The van der Waals surface area contributed by atoms with Crippen LogP contribution in [0.25, 0.3) is 18.0 Å². The van der Waals surface area contributed by atoms with E-state index in [2.05, 4.69) is 39.7 Å². The fraction of sp³-hybridized carbons (Fsp3) is 0.308. The van der Waals surface area contributed by atoms with Crippen LogP contribution in [0.4, 0.5) is 11.9 Å². The molecule has 190 valence electrons. The second-order valence-electron chi connectivity index (χ2n) is 8.64.